The summed E-state index contributed by atoms with van der Waals surface area (Å²) < 4.78 is 5.56. The fourth-order valence-electron chi connectivity index (χ4n) is 1.07. The van der Waals surface area contributed by atoms with Crippen molar-refractivity contribution in [2.75, 3.05) is 5.32 Å². The topological polar surface area (TPSA) is 71.5 Å². The van der Waals surface area contributed by atoms with Crippen molar-refractivity contribution in [2.45, 2.75) is 33.0 Å². The number of halogens is 1. The molecule has 0 saturated carbocycles. The second-order valence-corrected chi connectivity index (χ2v) is 5.18. The van der Waals surface area contributed by atoms with Crippen LogP contribution in [0.4, 0.5) is 10.5 Å². The van der Waals surface area contributed by atoms with Crippen LogP contribution >= 0.6 is 15.9 Å². The molecule has 0 aliphatic rings. The maximum absolute atomic E-state index is 11.5. The van der Waals surface area contributed by atoms with E-state index in [1.165, 1.54) is 0 Å². The van der Waals surface area contributed by atoms with Crippen LogP contribution in [-0.2, 0) is 11.3 Å². The van der Waals surface area contributed by atoms with Gasteiger partial charge in [-0.2, -0.15) is 0 Å². The number of anilines is 1. The normalized spacial score (nSPS) is 11.1. The van der Waals surface area contributed by atoms with Gasteiger partial charge in [-0.25, -0.2) is 9.78 Å². The van der Waals surface area contributed by atoms with Crippen LogP contribution in [0.5, 0.6) is 0 Å². The Labute approximate surface area is 108 Å². The maximum atomic E-state index is 11.5. The van der Waals surface area contributed by atoms with Crippen LogP contribution in [0.3, 0.4) is 0 Å². The number of hydrogen-bond acceptors (Lipinski definition) is 4. The Morgan fingerprint density at radius 1 is 1.53 bits per heavy atom. The molecule has 0 aliphatic carbocycles. The average Bonchev–Trinajstić information content (AvgIpc) is 2.18. The summed E-state index contributed by atoms with van der Waals surface area (Å²) in [5, 5.41) is 11.5. The number of carbonyl (C=O) groups is 1. The third-order valence-electron chi connectivity index (χ3n) is 1.70. The largest absolute Gasteiger partial charge is 0.444 e. The first-order valence-corrected chi connectivity index (χ1v) is 5.87. The zero-order valence-electron chi connectivity index (χ0n) is 9.95. The standard InChI is InChI=1S/C11H15BrN2O3/c1-11(2,3)17-10(16)14-8-5-4-7(6-15)13-9(8)12/h4-5,15H,6H2,1-3H3,(H,14,16). The quantitative estimate of drug-likeness (QED) is 0.824. The van der Waals surface area contributed by atoms with Gasteiger partial charge in [0.05, 0.1) is 18.0 Å². The van der Waals surface area contributed by atoms with Crippen molar-refractivity contribution in [3.8, 4) is 0 Å². The number of carbonyl (C=O) groups excluding carboxylic acids is 1. The first-order chi connectivity index (χ1) is 7.81. The molecule has 6 heteroatoms. The van der Waals surface area contributed by atoms with Crippen LogP contribution in [-0.4, -0.2) is 21.8 Å². The van der Waals surface area contributed by atoms with Crippen LogP contribution < -0.4 is 5.32 Å². The highest BCUT2D eigenvalue weighted by atomic mass is 79.9. The molecule has 1 heterocycles. The van der Waals surface area contributed by atoms with Gasteiger partial charge in [0, 0.05) is 0 Å². The van der Waals surface area contributed by atoms with Crippen LogP contribution in [0.15, 0.2) is 16.7 Å². The van der Waals surface area contributed by atoms with Crippen LogP contribution in [0.25, 0.3) is 0 Å². The molecule has 0 fully saturated rings. The highest BCUT2D eigenvalue weighted by Gasteiger charge is 2.17. The van der Waals surface area contributed by atoms with Crippen molar-refractivity contribution in [3.05, 3.63) is 22.4 Å². The Balaban J connectivity index is 2.72. The summed E-state index contributed by atoms with van der Waals surface area (Å²) in [4.78, 5) is 15.5. The molecule has 0 bridgehead atoms. The minimum atomic E-state index is -0.547. The van der Waals surface area contributed by atoms with Crippen LogP contribution in [0, 0.1) is 0 Å². The van der Waals surface area contributed by atoms with E-state index in [1.54, 1.807) is 32.9 Å². The summed E-state index contributed by atoms with van der Waals surface area (Å²) in [5.41, 5.74) is 0.470. The van der Waals surface area contributed by atoms with E-state index < -0.39 is 11.7 Å². The Bertz CT molecular complexity index is 416. The Morgan fingerprint density at radius 2 is 2.18 bits per heavy atom. The fourth-order valence-corrected chi connectivity index (χ4v) is 1.53. The van der Waals surface area contributed by atoms with Gasteiger partial charge in [-0.1, -0.05) is 0 Å². The first kappa shape index (κ1) is 13.9. The van der Waals surface area contributed by atoms with Gasteiger partial charge in [-0.15, -0.1) is 0 Å². The Morgan fingerprint density at radius 3 is 2.65 bits per heavy atom. The molecule has 0 aliphatic heterocycles. The molecule has 0 radical (unpaired) electrons. The van der Waals surface area contributed by atoms with Crippen molar-refractivity contribution in [3.63, 3.8) is 0 Å². The summed E-state index contributed by atoms with van der Waals surface area (Å²) in [6, 6.07) is 3.27. The van der Waals surface area contributed by atoms with Gasteiger partial charge < -0.3 is 9.84 Å². The van der Waals surface area contributed by atoms with Gasteiger partial charge in [0.15, 0.2) is 0 Å². The number of aromatic nitrogens is 1. The number of rotatable bonds is 2. The molecule has 2 N–H and O–H groups in total. The molecule has 1 amide bonds. The predicted molar refractivity (Wildman–Crippen MR) is 67.7 cm³/mol. The third-order valence-corrected chi connectivity index (χ3v) is 2.31. The smallest absolute Gasteiger partial charge is 0.412 e. The number of pyridine rings is 1. The van der Waals surface area contributed by atoms with Crippen molar-refractivity contribution >= 4 is 27.7 Å². The molecule has 0 unspecified atom stereocenters. The minimum Gasteiger partial charge on any atom is -0.444 e. The predicted octanol–water partition coefficient (Wildman–Crippen LogP) is 2.68. The molecule has 0 spiro atoms. The zero-order chi connectivity index (χ0) is 13.1. The van der Waals surface area contributed by atoms with E-state index in [9.17, 15) is 4.79 Å². The second kappa shape index (κ2) is 5.46. The monoisotopic (exact) mass is 302 g/mol. The van der Waals surface area contributed by atoms with Crippen molar-refractivity contribution in [1.29, 1.82) is 0 Å². The lowest BCUT2D eigenvalue weighted by molar-refractivity contribution is 0.0636. The lowest BCUT2D eigenvalue weighted by atomic mass is 10.2. The molecule has 1 aromatic rings. The van der Waals surface area contributed by atoms with E-state index in [4.69, 9.17) is 9.84 Å². The van der Waals surface area contributed by atoms with Gasteiger partial charge in [0.2, 0.25) is 0 Å². The van der Waals surface area contributed by atoms with Gasteiger partial charge in [-0.3, -0.25) is 5.32 Å². The van der Waals surface area contributed by atoms with E-state index in [-0.39, 0.29) is 6.61 Å². The summed E-state index contributed by atoms with van der Waals surface area (Å²) in [6.45, 7) is 5.21. The molecule has 5 nitrogen and oxygen atoms in total. The summed E-state index contributed by atoms with van der Waals surface area (Å²) in [7, 11) is 0. The fraction of sp³-hybridized carbons (Fsp3) is 0.455. The molecular weight excluding hydrogens is 288 g/mol. The summed E-state index contributed by atoms with van der Waals surface area (Å²) >= 11 is 3.20. The highest BCUT2D eigenvalue weighted by molar-refractivity contribution is 9.10. The van der Waals surface area contributed by atoms with E-state index in [1.807, 2.05) is 0 Å². The first-order valence-electron chi connectivity index (χ1n) is 5.08. The van der Waals surface area contributed by atoms with Gasteiger partial charge in [0.25, 0.3) is 0 Å². The minimum absolute atomic E-state index is 0.148. The summed E-state index contributed by atoms with van der Waals surface area (Å²) in [5.74, 6) is 0. The highest BCUT2D eigenvalue weighted by Crippen LogP contribution is 2.21. The lowest BCUT2D eigenvalue weighted by Crippen LogP contribution is -2.27. The Kier molecular flexibility index (Phi) is 4.47. The number of ether oxygens (including phenoxy) is 1. The molecular formula is C11H15BrN2O3. The second-order valence-electron chi connectivity index (χ2n) is 4.43. The van der Waals surface area contributed by atoms with E-state index in [0.29, 0.717) is 16.0 Å². The molecule has 0 saturated heterocycles. The van der Waals surface area contributed by atoms with Crippen LogP contribution in [0.2, 0.25) is 0 Å². The number of hydrogen-bond donors (Lipinski definition) is 2. The maximum Gasteiger partial charge on any atom is 0.412 e. The lowest BCUT2D eigenvalue weighted by Gasteiger charge is -2.19. The van der Waals surface area contributed by atoms with E-state index in [2.05, 4.69) is 26.2 Å². The van der Waals surface area contributed by atoms with E-state index >= 15 is 0 Å². The molecule has 0 atom stereocenters. The van der Waals surface area contributed by atoms with Crippen molar-refractivity contribution in [1.82, 2.24) is 4.98 Å². The molecule has 1 aromatic heterocycles. The third kappa shape index (κ3) is 4.70. The SMILES string of the molecule is CC(C)(C)OC(=O)Nc1ccc(CO)nc1Br. The molecule has 0 aromatic carbocycles. The number of aliphatic hydroxyl groups excluding tert-OH is 1. The van der Waals surface area contributed by atoms with Gasteiger partial charge in [-0.05, 0) is 48.8 Å². The number of amides is 1. The number of aliphatic hydroxyl groups is 1. The summed E-state index contributed by atoms with van der Waals surface area (Å²) in [6.07, 6.45) is -0.545. The Hall–Kier alpha value is -1.14. The molecule has 17 heavy (non-hydrogen) atoms. The zero-order valence-corrected chi connectivity index (χ0v) is 11.5. The molecule has 94 valence electrons. The van der Waals surface area contributed by atoms with Gasteiger partial charge >= 0.3 is 6.09 Å². The van der Waals surface area contributed by atoms with Crippen LogP contribution in [0.1, 0.15) is 26.5 Å². The van der Waals surface area contributed by atoms with Gasteiger partial charge in [0.1, 0.15) is 10.2 Å². The average molecular weight is 303 g/mol. The number of nitrogens with zero attached hydrogens (tertiary/aromatic N) is 1. The van der Waals surface area contributed by atoms with E-state index in [0.717, 1.165) is 0 Å². The van der Waals surface area contributed by atoms with Crippen molar-refractivity contribution in [2.24, 2.45) is 0 Å². The molecule has 1 rings (SSSR count). The number of nitrogens with one attached hydrogen (secondary N) is 1. The van der Waals surface area contributed by atoms with Crippen molar-refractivity contribution < 1.29 is 14.6 Å².